The SMILES string of the molecule is CC(C)(C)c1ccc2sc(C#N)cc2c1. The lowest BCUT2D eigenvalue weighted by atomic mass is 9.87. The lowest BCUT2D eigenvalue weighted by Gasteiger charge is -2.18. The van der Waals surface area contributed by atoms with Crippen LogP contribution in [0, 0.1) is 11.3 Å². The van der Waals surface area contributed by atoms with E-state index in [-0.39, 0.29) is 5.41 Å². The molecule has 0 N–H and O–H groups in total. The molecule has 1 aromatic carbocycles. The lowest BCUT2D eigenvalue weighted by molar-refractivity contribution is 0.591. The highest BCUT2D eigenvalue weighted by molar-refractivity contribution is 7.19. The molecule has 76 valence electrons. The highest BCUT2D eigenvalue weighted by Gasteiger charge is 2.14. The van der Waals surface area contributed by atoms with E-state index in [0.717, 1.165) is 4.88 Å². The van der Waals surface area contributed by atoms with Gasteiger partial charge < -0.3 is 0 Å². The minimum atomic E-state index is 0.170. The Morgan fingerprint density at radius 3 is 2.53 bits per heavy atom. The maximum atomic E-state index is 8.83. The first-order valence-corrected chi connectivity index (χ1v) is 5.76. The fourth-order valence-electron chi connectivity index (χ4n) is 1.56. The van der Waals surface area contributed by atoms with Crippen molar-refractivity contribution in [2.24, 2.45) is 0 Å². The molecule has 0 saturated heterocycles. The van der Waals surface area contributed by atoms with Crippen LogP contribution in [0.5, 0.6) is 0 Å². The monoisotopic (exact) mass is 215 g/mol. The number of rotatable bonds is 0. The van der Waals surface area contributed by atoms with Gasteiger partial charge in [0.05, 0.1) is 0 Å². The zero-order valence-electron chi connectivity index (χ0n) is 9.16. The van der Waals surface area contributed by atoms with Crippen LogP contribution in [-0.4, -0.2) is 0 Å². The van der Waals surface area contributed by atoms with Gasteiger partial charge in [-0.15, -0.1) is 11.3 Å². The predicted octanol–water partition coefficient (Wildman–Crippen LogP) is 4.07. The van der Waals surface area contributed by atoms with E-state index in [0.29, 0.717) is 0 Å². The average Bonchev–Trinajstić information content (AvgIpc) is 2.57. The van der Waals surface area contributed by atoms with Gasteiger partial charge in [-0.1, -0.05) is 26.8 Å². The molecule has 0 aliphatic carbocycles. The van der Waals surface area contributed by atoms with Crippen LogP contribution in [0.2, 0.25) is 0 Å². The Morgan fingerprint density at radius 2 is 1.93 bits per heavy atom. The Hall–Kier alpha value is -1.33. The van der Waals surface area contributed by atoms with Crippen molar-refractivity contribution < 1.29 is 0 Å². The van der Waals surface area contributed by atoms with Gasteiger partial charge in [-0.25, -0.2) is 0 Å². The topological polar surface area (TPSA) is 23.8 Å². The molecule has 2 rings (SSSR count). The van der Waals surface area contributed by atoms with Crippen LogP contribution in [0.4, 0.5) is 0 Å². The molecule has 0 bridgehead atoms. The summed E-state index contributed by atoms with van der Waals surface area (Å²) >= 11 is 1.56. The van der Waals surface area contributed by atoms with E-state index in [1.165, 1.54) is 15.6 Å². The minimum absolute atomic E-state index is 0.170. The first kappa shape index (κ1) is 10.2. The molecule has 0 radical (unpaired) electrons. The maximum absolute atomic E-state index is 8.83. The van der Waals surface area contributed by atoms with Crippen molar-refractivity contribution in [1.29, 1.82) is 5.26 Å². The normalized spacial score (nSPS) is 11.6. The fourth-order valence-corrected chi connectivity index (χ4v) is 2.41. The van der Waals surface area contributed by atoms with E-state index in [1.807, 2.05) is 6.07 Å². The number of nitrogens with zero attached hydrogens (tertiary/aromatic N) is 1. The first-order chi connectivity index (χ1) is 7.00. The molecule has 0 spiro atoms. The van der Waals surface area contributed by atoms with Gasteiger partial charge in [0.2, 0.25) is 0 Å². The van der Waals surface area contributed by atoms with Crippen LogP contribution in [0.1, 0.15) is 31.2 Å². The van der Waals surface area contributed by atoms with Crippen LogP contribution in [0.3, 0.4) is 0 Å². The summed E-state index contributed by atoms with van der Waals surface area (Å²) < 4.78 is 1.19. The largest absolute Gasteiger partial charge is 0.192 e. The molecule has 1 heterocycles. The summed E-state index contributed by atoms with van der Waals surface area (Å²) in [4.78, 5) is 0.788. The second-order valence-electron chi connectivity index (χ2n) is 4.73. The molecule has 0 aliphatic rings. The highest BCUT2D eigenvalue weighted by atomic mass is 32.1. The standard InChI is InChI=1S/C13H13NS/c1-13(2,3)10-4-5-12-9(6-10)7-11(8-14)15-12/h4-7H,1-3H3. The van der Waals surface area contributed by atoms with Crippen LogP contribution in [0.25, 0.3) is 10.1 Å². The number of hydrogen-bond donors (Lipinski definition) is 0. The molecule has 0 unspecified atom stereocenters. The molecule has 2 heteroatoms. The Kier molecular flexibility index (Phi) is 2.28. The van der Waals surface area contributed by atoms with Crippen molar-refractivity contribution in [1.82, 2.24) is 0 Å². The zero-order chi connectivity index (χ0) is 11.1. The smallest absolute Gasteiger partial charge is 0.110 e. The quantitative estimate of drug-likeness (QED) is 0.650. The number of benzene rings is 1. The van der Waals surface area contributed by atoms with Crippen LogP contribution < -0.4 is 0 Å². The average molecular weight is 215 g/mol. The summed E-state index contributed by atoms with van der Waals surface area (Å²) in [5, 5.41) is 10.0. The zero-order valence-corrected chi connectivity index (χ0v) is 9.98. The number of fused-ring (bicyclic) bond motifs is 1. The van der Waals surface area contributed by atoms with Crippen molar-refractivity contribution in [3.8, 4) is 6.07 Å². The molecule has 0 aliphatic heterocycles. The van der Waals surface area contributed by atoms with Gasteiger partial charge in [-0.2, -0.15) is 5.26 Å². The number of hydrogen-bond acceptors (Lipinski definition) is 2. The van der Waals surface area contributed by atoms with Crippen molar-refractivity contribution in [3.63, 3.8) is 0 Å². The third-order valence-electron chi connectivity index (χ3n) is 2.49. The Labute approximate surface area is 94.0 Å². The van der Waals surface area contributed by atoms with E-state index in [1.54, 1.807) is 11.3 Å². The summed E-state index contributed by atoms with van der Waals surface area (Å²) in [5.41, 5.74) is 1.49. The van der Waals surface area contributed by atoms with E-state index >= 15 is 0 Å². The minimum Gasteiger partial charge on any atom is -0.192 e. The Bertz CT molecular complexity index is 538. The summed E-state index contributed by atoms with van der Waals surface area (Å²) in [6, 6.07) is 10.6. The molecule has 0 atom stereocenters. The third kappa shape index (κ3) is 1.88. The molecule has 0 fully saturated rings. The van der Waals surface area contributed by atoms with Gasteiger partial charge in [0, 0.05) is 4.70 Å². The predicted molar refractivity (Wildman–Crippen MR) is 65.2 cm³/mol. The molecule has 1 aromatic heterocycles. The van der Waals surface area contributed by atoms with Crippen molar-refractivity contribution in [2.45, 2.75) is 26.2 Å². The first-order valence-electron chi connectivity index (χ1n) is 4.95. The van der Waals surface area contributed by atoms with E-state index in [9.17, 15) is 0 Å². The number of nitriles is 1. The summed E-state index contributed by atoms with van der Waals surface area (Å²) in [5.74, 6) is 0. The second kappa shape index (κ2) is 3.36. The summed E-state index contributed by atoms with van der Waals surface area (Å²) in [6.07, 6.45) is 0. The van der Waals surface area contributed by atoms with Gasteiger partial charge in [0.25, 0.3) is 0 Å². The van der Waals surface area contributed by atoms with Gasteiger partial charge in [-0.3, -0.25) is 0 Å². The summed E-state index contributed by atoms with van der Waals surface area (Å²) in [6.45, 7) is 6.60. The third-order valence-corrected chi connectivity index (χ3v) is 3.51. The van der Waals surface area contributed by atoms with Crippen molar-refractivity contribution in [2.75, 3.05) is 0 Å². The van der Waals surface area contributed by atoms with E-state index in [2.05, 4.69) is 45.0 Å². The van der Waals surface area contributed by atoms with Gasteiger partial charge in [0.1, 0.15) is 10.9 Å². The number of thiophene rings is 1. The molecule has 2 aromatic rings. The maximum Gasteiger partial charge on any atom is 0.110 e. The highest BCUT2D eigenvalue weighted by Crippen LogP contribution is 2.30. The molecule has 0 saturated carbocycles. The molecular formula is C13H13NS. The summed E-state index contributed by atoms with van der Waals surface area (Å²) in [7, 11) is 0. The molecule has 0 amide bonds. The van der Waals surface area contributed by atoms with Gasteiger partial charge >= 0.3 is 0 Å². The molecule has 1 nitrogen and oxygen atoms in total. The van der Waals surface area contributed by atoms with Gasteiger partial charge in [-0.05, 0) is 34.6 Å². The Morgan fingerprint density at radius 1 is 1.20 bits per heavy atom. The van der Waals surface area contributed by atoms with Crippen LogP contribution in [0.15, 0.2) is 24.3 Å². The molecular weight excluding hydrogens is 202 g/mol. The van der Waals surface area contributed by atoms with Crippen LogP contribution >= 0.6 is 11.3 Å². The second-order valence-corrected chi connectivity index (χ2v) is 5.81. The lowest BCUT2D eigenvalue weighted by Crippen LogP contribution is -2.10. The van der Waals surface area contributed by atoms with E-state index in [4.69, 9.17) is 5.26 Å². The fraction of sp³-hybridized carbons (Fsp3) is 0.308. The van der Waals surface area contributed by atoms with Crippen molar-refractivity contribution in [3.05, 3.63) is 34.7 Å². The van der Waals surface area contributed by atoms with Crippen molar-refractivity contribution >= 4 is 21.4 Å². The van der Waals surface area contributed by atoms with E-state index < -0.39 is 0 Å². The Balaban J connectivity index is 2.62. The van der Waals surface area contributed by atoms with Crippen LogP contribution in [-0.2, 0) is 5.41 Å². The molecule has 15 heavy (non-hydrogen) atoms. The van der Waals surface area contributed by atoms with Gasteiger partial charge in [0.15, 0.2) is 0 Å².